The fourth-order valence-electron chi connectivity index (χ4n) is 2.92. The highest BCUT2D eigenvalue weighted by molar-refractivity contribution is 5.90. The largest absolute Gasteiger partial charge is 0.467 e. The predicted molar refractivity (Wildman–Crippen MR) is 78.9 cm³/mol. The van der Waals surface area contributed by atoms with Gasteiger partial charge in [0.2, 0.25) is 11.8 Å². The average Bonchev–Trinajstić information content (AvgIpc) is 3.02. The van der Waals surface area contributed by atoms with Gasteiger partial charge < -0.3 is 9.64 Å². The number of methoxy groups -OCH3 is 1. The van der Waals surface area contributed by atoms with Crippen molar-refractivity contribution in [1.82, 2.24) is 10.4 Å². The molecular weight excluding hydrogens is 288 g/mol. The van der Waals surface area contributed by atoms with E-state index in [-0.39, 0.29) is 5.91 Å². The van der Waals surface area contributed by atoms with Gasteiger partial charge in [-0.05, 0) is 19.3 Å². The van der Waals surface area contributed by atoms with Crippen LogP contribution in [0.25, 0.3) is 0 Å². The number of likely N-dealkylation sites (tertiary alicyclic amines) is 1. The molecule has 0 aromatic carbocycles. The Kier molecular flexibility index (Phi) is 7.31. The molecular formula is C15H26N2O5. The van der Waals surface area contributed by atoms with Gasteiger partial charge in [-0.2, -0.15) is 0 Å². The van der Waals surface area contributed by atoms with Crippen molar-refractivity contribution in [2.24, 2.45) is 11.8 Å². The smallest absolute Gasteiger partial charge is 0.328 e. The van der Waals surface area contributed by atoms with E-state index in [9.17, 15) is 14.4 Å². The third-order valence-electron chi connectivity index (χ3n) is 4.32. The molecule has 7 heteroatoms. The highest BCUT2D eigenvalue weighted by atomic mass is 16.5. The summed E-state index contributed by atoms with van der Waals surface area (Å²) in [6, 6.07) is -0.564. The van der Waals surface area contributed by atoms with E-state index in [0.717, 1.165) is 19.3 Å². The summed E-state index contributed by atoms with van der Waals surface area (Å²) >= 11 is 0. The van der Waals surface area contributed by atoms with Gasteiger partial charge in [-0.15, -0.1) is 0 Å². The van der Waals surface area contributed by atoms with Crippen LogP contribution >= 0.6 is 0 Å². The molecule has 0 aliphatic carbocycles. The third-order valence-corrected chi connectivity index (χ3v) is 4.32. The Morgan fingerprint density at radius 3 is 2.64 bits per heavy atom. The van der Waals surface area contributed by atoms with Crippen molar-refractivity contribution in [2.45, 2.75) is 52.0 Å². The standard InChI is InChI=1S/C15H26N2O5/c1-4-5-7-11(10(2)13(18)16-21)14(19)17-9-6-8-12(17)15(20)22-3/h10-12,21H,4-9H2,1-3H3,(H,16,18)/t10-,11+,12-/m0/s1. The fourth-order valence-corrected chi connectivity index (χ4v) is 2.92. The number of hydroxylamine groups is 1. The lowest BCUT2D eigenvalue weighted by Gasteiger charge is -2.29. The van der Waals surface area contributed by atoms with Crippen LogP contribution in [0.4, 0.5) is 0 Å². The number of unbranched alkanes of at least 4 members (excludes halogenated alkanes) is 1. The lowest BCUT2D eigenvalue weighted by atomic mass is 9.87. The maximum Gasteiger partial charge on any atom is 0.328 e. The fraction of sp³-hybridized carbons (Fsp3) is 0.800. The van der Waals surface area contributed by atoms with Crippen LogP contribution in [-0.4, -0.2) is 47.6 Å². The van der Waals surface area contributed by atoms with E-state index in [2.05, 4.69) is 0 Å². The zero-order valence-electron chi connectivity index (χ0n) is 13.5. The monoisotopic (exact) mass is 314 g/mol. The number of amides is 2. The Balaban J connectivity index is 2.90. The molecule has 1 rings (SSSR count). The van der Waals surface area contributed by atoms with Crippen LogP contribution in [0.5, 0.6) is 0 Å². The van der Waals surface area contributed by atoms with Crippen LogP contribution in [0.15, 0.2) is 0 Å². The molecule has 3 atom stereocenters. The molecule has 0 bridgehead atoms. The lowest BCUT2D eigenvalue weighted by molar-refractivity contribution is -0.154. The van der Waals surface area contributed by atoms with E-state index in [4.69, 9.17) is 9.94 Å². The Hall–Kier alpha value is -1.63. The maximum atomic E-state index is 12.8. The van der Waals surface area contributed by atoms with Crippen molar-refractivity contribution in [3.63, 3.8) is 0 Å². The van der Waals surface area contributed by atoms with Gasteiger partial charge in [-0.3, -0.25) is 14.8 Å². The van der Waals surface area contributed by atoms with Gasteiger partial charge in [-0.1, -0.05) is 26.7 Å². The van der Waals surface area contributed by atoms with Gasteiger partial charge in [-0.25, -0.2) is 10.3 Å². The number of carbonyl (C=O) groups is 3. The van der Waals surface area contributed by atoms with Gasteiger partial charge >= 0.3 is 5.97 Å². The normalized spacial score (nSPS) is 20.4. The molecule has 22 heavy (non-hydrogen) atoms. The molecule has 0 saturated carbocycles. The number of ether oxygens (including phenoxy) is 1. The quantitative estimate of drug-likeness (QED) is 0.417. The summed E-state index contributed by atoms with van der Waals surface area (Å²) in [5.41, 5.74) is 1.61. The molecule has 2 N–H and O–H groups in total. The van der Waals surface area contributed by atoms with Gasteiger partial charge in [0.25, 0.3) is 0 Å². The first-order valence-electron chi connectivity index (χ1n) is 7.80. The van der Waals surface area contributed by atoms with E-state index in [1.54, 1.807) is 12.4 Å². The highest BCUT2D eigenvalue weighted by Gasteiger charge is 2.40. The molecule has 1 fully saturated rings. The molecule has 7 nitrogen and oxygen atoms in total. The second-order valence-corrected chi connectivity index (χ2v) is 5.73. The van der Waals surface area contributed by atoms with Gasteiger partial charge in [0.1, 0.15) is 6.04 Å². The summed E-state index contributed by atoms with van der Waals surface area (Å²) in [4.78, 5) is 37.8. The molecule has 0 radical (unpaired) electrons. The minimum atomic E-state index is -0.650. The van der Waals surface area contributed by atoms with E-state index in [1.807, 2.05) is 6.92 Å². The van der Waals surface area contributed by atoms with Crippen molar-refractivity contribution in [1.29, 1.82) is 0 Å². The number of esters is 1. The Bertz CT molecular complexity index is 413. The van der Waals surface area contributed by atoms with Gasteiger partial charge in [0.15, 0.2) is 0 Å². The summed E-state index contributed by atoms with van der Waals surface area (Å²) < 4.78 is 4.75. The minimum Gasteiger partial charge on any atom is -0.467 e. The number of nitrogens with one attached hydrogen (secondary N) is 1. The summed E-state index contributed by atoms with van der Waals surface area (Å²) in [5, 5.41) is 8.81. The van der Waals surface area contributed by atoms with Crippen molar-refractivity contribution in [3.8, 4) is 0 Å². The summed E-state index contributed by atoms with van der Waals surface area (Å²) in [6.45, 7) is 4.12. The number of rotatable bonds is 7. The first kappa shape index (κ1) is 18.4. The predicted octanol–water partition coefficient (Wildman–Crippen LogP) is 1.10. The molecule has 0 unspecified atom stereocenters. The third kappa shape index (κ3) is 4.19. The summed E-state index contributed by atoms with van der Waals surface area (Å²) in [7, 11) is 1.31. The Morgan fingerprint density at radius 2 is 2.09 bits per heavy atom. The van der Waals surface area contributed by atoms with Gasteiger partial charge in [0.05, 0.1) is 7.11 Å². The molecule has 1 aliphatic rings. The van der Waals surface area contributed by atoms with Gasteiger partial charge in [0, 0.05) is 18.4 Å². The average molecular weight is 314 g/mol. The molecule has 126 valence electrons. The number of hydrogen-bond acceptors (Lipinski definition) is 5. The maximum absolute atomic E-state index is 12.8. The van der Waals surface area contributed by atoms with E-state index in [0.29, 0.717) is 19.4 Å². The second-order valence-electron chi connectivity index (χ2n) is 5.73. The highest BCUT2D eigenvalue weighted by Crippen LogP contribution is 2.27. The molecule has 1 heterocycles. The molecule has 0 aromatic rings. The SMILES string of the molecule is CCCC[C@@H](C(=O)N1CCC[C@H]1C(=O)OC)[C@H](C)C(=O)NO. The molecule has 2 amide bonds. The van der Waals surface area contributed by atoms with Crippen LogP contribution in [-0.2, 0) is 19.1 Å². The van der Waals surface area contributed by atoms with Crippen LogP contribution in [0.1, 0.15) is 46.0 Å². The first-order chi connectivity index (χ1) is 10.5. The van der Waals surface area contributed by atoms with Crippen LogP contribution in [0, 0.1) is 11.8 Å². The molecule has 0 aromatic heterocycles. The summed E-state index contributed by atoms with van der Waals surface area (Å²) in [6.07, 6.45) is 3.58. The summed E-state index contributed by atoms with van der Waals surface area (Å²) in [5.74, 6) is -2.40. The zero-order chi connectivity index (χ0) is 16.7. The Labute approximate surface area is 130 Å². The molecule has 1 aliphatic heterocycles. The van der Waals surface area contributed by atoms with Crippen LogP contribution in [0.2, 0.25) is 0 Å². The van der Waals surface area contributed by atoms with E-state index >= 15 is 0 Å². The topological polar surface area (TPSA) is 95.9 Å². The van der Waals surface area contributed by atoms with Crippen molar-refractivity contribution < 1.29 is 24.3 Å². The first-order valence-corrected chi connectivity index (χ1v) is 7.80. The van der Waals surface area contributed by atoms with Crippen LogP contribution in [0.3, 0.4) is 0 Å². The number of nitrogens with zero attached hydrogens (tertiary/aromatic N) is 1. The molecule has 1 saturated heterocycles. The van der Waals surface area contributed by atoms with E-state index < -0.39 is 29.8 Å². The van der Waals surface area contributed by atoms with Crippen molar-refractivity contribution in [3.05, 3.63) is 0 Å². The van der Waals surface area contributed by atoms with E-state index in [1.165, 1.54) is 12.0 Å². The van der Waals surface area contributed by atoms with Crippen molar-refractivity contribution >= 4 is 17.8 Å². The second kappa shape index (κ2) is 8.73. The minimum absolute atomic E-state index is 0.211. The van der Waals surface area contributed by atoms with Crippen molar-refractivity contribution in [2.75, 3.05) is 13.7 Å². The number of carbonyl (C=O) groups excluding carboxylic acids is 3. The van der Waals surface area contributed by atoms with Crippen LogP contribution < -0.4 is 5.48 Å². The zero-order valence-corrected chi connectivity index (χ0v) is 13.5. The lowest BCUT2D eigenvalue weighted by Crippen LogP contribution is -2.47. The number of hydrogen-bond donors (Lipinski definition) is 2. The Morgan fingerprint density at radius 1 is 1.41 bits per heavy atom. The molecule has 0 spiro atoms.